The van der Waals surface area contributed by atoms with Gasteiger partial charge in [-0.05, 0) is 68.2 Å². The summed E-state index contributed by atoms with van der Waals surface area (Å²) in [6.07, 6.45) is 6.41. The molecule has 5 heterocycles. The minimum Gasteiger partial charge on any atom is -0.457 e. The molecule has 0 aliphatic carbocycles. The van der Waals surface area contributed by atoms with Crippen molar-refractivity contribution in [2.45, 2.75) is 96.8 Å². The largest absolute Gasteiger partial charge is 0.457 e. The monoisotopic (exact) mass is 794 g/mol. The molecule has 4 aromatic rings. The van der Waals surface area contributed by atoms with Gasteiger partial charge in [-0.25, -0.2) is 19.6 Å². The molecule has 5 atom stereocenters. The Hall–Kier alpha value is -5.86. The Morgan fingerprint density at radius 2 is 1.24 bits per heavy atom. The number of aromatic nitrogens is 4. The van der Waals surface area contributed by atoms with Gasteiger partial charge in [-0.1, -0.05) is 46.8 Å². The lowest BCUT2D eigenvalue weighted by Gasteiger charge is -2.30. The maximum atomic E-state index is 13.7. The van der Waals surface area contributed by atoms with Crippen LogP contribution in [-0.4, -0.2) is 93.1 Å². The molecule has 4 amide bonds. The molecule has 4 N–H and O–H groups in total. The van der Waals surface area contributed by atoms with Gasteiger partial charge in [-0.15, -0.1) is 0 Å². The molecule has 3 aliphatic heterocycles. The van der Waals surface area contributed by atoms with E-state index < -0.39 is 24.3 Å². The Balaban J connectivity index is 1.07. The smallest absolute Gasteiger partial charge is 0.407 e. The zero-order chi connectivity index (χ0) is 41.2. The molecular weight excluding hydrogens is 741 g/mol. The molecule has 2 aromatic heterocycles. The number of carbonyl (C=O) groups is 4. The van der Waals surface area contributed by atoms with Crippen LogP contribution in [0.25, 0.3) is 22.5 Å². The predicted molar refractivity (Wildman–Crippen MR) is 216 cm³/mol. The number of rotatable bonds is 11. The number of aromatic amines is 2. The van der Waals surface area contributed by atoms with Gasteiger partial charge in [0.25, 0.3) is 0 Å². The Morgan fingerprint density at radius 1 is 0.741 bits per heavy atom. The quantitative estimate of drug-likeness (QED) is 0.122. The van der Waals surface area contributed by atoms with Gasteiger partial charge < -0.3 is 44.6 Å². The maximum absolute atomic E-state index is 13.7. The van der Waals surface area contributed by atoms with Crippen molar-refractivity contribution in [1.29, 1.82) is 0 Å². The Labute approximate surface area is 338 Å². The first-order chi connectivity index (χ1) is 27.9. The second-order valence-corrected chi connectivity index (χ2v) is 16.0. The second kappa shape index (κ2) is 16.9. The lowest BCUT2D eigenvalue weighted by atomic mass is 9.84. The number of hydrogen-bond acceptors (Lipinski definition) is 9. The van der Waals surface area contributed by atoms with Crippen LogP contribution >= 0.6 is 0 Å². The van der Waals surface area contributed by atoms with Crippen LogP contribution < -0.4 is 15.4 Å². The minimum absolute atomic E-state index is 0.0938. The molecule has 0 spiro atoms. The summed E-state index contributed by atoms with van der Waals surface area (Å²) in [7, 11) is 2.58. The van der Waals surface area contributed by atoms with Crippen LogP contribution in [0.4, 0.5) is 9.59 Å². The first-order valence-electron chi connectivity index (χ1n) is 20.3. The molecule has 15 heteroatoms. The molecule has 0 bridgehead atoms. The highest BCUT2D eigenvalue weighted by molar-refractivity contribution is 5.87. The van der Waals surface area contributed by atoms with Gasteiger partial charge in [0, 0.05) is 41.3 Å². The van der Waals surface area contributed by atoms with E-state index in [1.165, 1.54) is 14.2 Å². The highest BCUT2D eigenvalue weighted by atomic mass is 16.5. The van der Waals surface area contributed by atoms with E-state index >= 15 is 0 Å². The molecule has 2 saturated heterocycles. The van der Waals surface area contributed by atoms with Crippen molar-refractivity contribution in [3.63, 3.8) is 0 Å². The highest BCUT2D eigenvalue weighted by Crippen LogP contribution is 2.48. The fourth-order valence-corrected chi connectivity index (χ4v) is 8.58. The number of hydrogen-bond donors (Lipinski definition) is 4. The average molecular weight is 795 g/mol. The van der Waals surface area contributed by atoms with Crippen molar-refractivity contribution in [2.24, 2.45) is 11.8 Å². The molecule has 2 aromatic carbocycles. The fourth-order valence-electron chi connectivity index (χ4n) is 8.58. The number of ether oxygens (including phenoxy) is 3. The first kappa shape index (κ1) is 40.3. The maximum Gasteiger partial charge on any atom is 0.407 e. The van der Waals surface area contributed by atoms with Gasteiger partial charge in [0.15, 0.2) is 0 Å². The molecular formula is C43H54N8O7. The number of benzene rings is 2. The third kappa shape index (κ3) is 7.86. The van der Waals surface area contributed by atoms with Gasteiger partial charge in [0.05, 0.1) is 50.1 Å². The van der Waals surface area contributed by atoms with E-state index in [9.17, 15) is 19.2 Å². The number of H-pyrrole nitrogens is 2. The summed E-state index contributed by atoms with van der Waals surface area (Å²) in [5.41, 5.74) is 5.72. The first-order valence-corrected chi connectivity index (χ1v) is 20.3. The topological polar surface area (TPSA) is 184 Å². The van der Waals surface area contributed by atoms with Crippen LogP contribution in [0.2, 0.25) is 0 Å². The molecule has 15 nitrogen and oxygen atoms in total. The number of nitrogens with one attached hydrogen (secondary N) is 4. The second-order valence-electron chi connectivity index (χ2n) is 16.0. The average Bonchev–Trinajstić information content (AvgIpc) is 4.06. The van der Waals surface area contributed by atoms with Crippen molar-refractivity contribution in [1.82, 2.24) is 40.4 Å². The summed E-state index contributed by atoms with van der Waals surface area (Å²) in [6.45, 7) is 10.9. The van der Waals surface area contributed by atoms with Gasteiger partial charge >= 0.3 is 12.2 Å². The lowest BCUT2D eigenvalue weighted by molar-refractivity contribution is -0.136. The summed E-state index contributed by atoms with van der Waals surface area (Å²) in [4.78, 5) is 71.4. The minimum atomic E-state index is -0.704. The van der Waals surface area contributed by atoms with Gasteiger partial charge in [0.2, 0.25) is 11.8 Å². The van der Waals surface area contributed by atoms with Crippen LogP contribution in [0.5, 0.6) is 11.5 Å². The zero-order valence-corrected chi connectivity index (χ0v) is 34.3. The van der Waals surface area contributed by atoms with E-state index in [-0.39, 0.29) is 41.7 Å². The number of amides is 4. The van der Waals surface area contributed by atoms with Crippen molar-refractivity contribution in [3.8, 4) is 34.0 Å². The summed E-state index contributed by atoms with van der Waals surface area (Å²) < 4.78 is 16.1. The van der Waals surface area contributed by atoms with E-state index in [4.69, 9.17) is 24.2 Å². The Morgan fingerprint density at radius 3 is 1.72 bits per heavy atom. The van der Waals surface area contributed by atoms with Crippen LogP contribution in [-0.2, 0) is 19.1 Å². The molecule has 1 unspecified atom stereocenters. The Bertz CT molecular complexity index is 2160. The van der Waals surface area contributed by atoms with E-state index in [2.05, 4.69) is 45.7 Å². The number of fused-ring (bicyclic) bond motifs is 2. The van der Waals surface area contributed by atoms with Crippen LogP contribution in [0.15, 0.2) is 48.8 Å². The molecule has 58 heavy (non-hydrogen) atoms. The third-order valence-corrected chi connectivity index (χ3v) is 11.7. The van der Waals surface area contributed by atoms with E-state index in [0.29, 0.717) is 24.7 Å². The summed E-state index contributed by atoms with van der Waals surface area (Å²) >= 11 is 0. The number of likely N-dealkylation sites (tertiary alicyclic amines) is 2. The number of methoxy groups -OCH3 is 2. The lowest BCUT2D eigenvalue weighted by Crippen LogP contribution is -2.51. The van der Waals surface area contributed by atoms with E-state index in [1.807, 2.05) is 57.0 Å². The third-order valence-electron chi connectivity index (χ3n) is 11.7. The zero-order valence-electron chi connectivity index (χ0n) is 34.3. The summed E-state index contributed by atoms with van der Waals surface area (Å²) in [6, 6.07) is 10.5. The van der Waals surface area contributed by atoms with Crippen LogP contribution in [0, 0.1) is 11.8 Å². The molecule has 3 aliphatic rings. The molecule has 0 radical (unpaired) electrons. The standard InChI is InChI=1S/C43H54N8O7/c1-8-27-28-15-13-26(31-22-45-39(47-31)33-12-10-18-51(33)41(53)37(24(4)5)49-43(55)57-7)20-35(28)58-34-16-14-25(19-29(27)34)30-21-44-38(46-30)32-11-9-17-50(32)40(52)36(23(2)3)48-42(54)56-6/h13-16,19-24,27,32-33,36-37H,8-12,17-18H2,1-7H3,(H,44,46)(H,45,47)(H,48,54)(H,49,55)/t27?,32-,33-,36-,37-/m0/s1. The SMILES string of the molecule is CCC1c2ccc(-c3cnc([C@@H]4CCCN4C(=O)[C@@H](NC(=O)OC)C(C)C)[nH]3)cc2Oc2ccc(-c3cnc([C@@H]4CCCN4C(=O)[C@@H](NC(=O)OC)C(C)C)[nH]3)cc21. The summed E-state index contributed by atoms with van der Waals surface area (Å²) in [5.74, 6) is 2.54. The number of carbonyl (C=O) groups excluding carboxylic acids is 4. The number of imidazole rings is 2. The molecule has 308 valence electrons. The molecule has 7 rings (SSSR count). The van der Waals surface area contributed by atoms with Crippen molar-refractivity contribution >= 4 is 24.0 Å². The number of alkyl carbamates (subject to hydrolysis) is 2. The Kier molecular flexibility index (Phi) is 11.8. The van der Waals surface area contributed by atoms with Crippen molar-refractivity contribution in [3.05, 3.63) is 71.6 Å². The molecule has 0 saturated carbocycles. The van der Waals surface area contributed by atoms with Crippen LogP contribution in [0.3, 0.4) is 0 Å². The predicted octanol–water partition coefficient (Wildman–Crippen LogP) is 7.20. The van der Waals surface area contributed by atoms with Crippen molar-refractivity contribution in [2.75, 3.05) is 27.3 Å². The molecule has 2 fully saturated rings. The summed E-state index contributed by atoms with van der Waals surface area (Å²) in [5, 5.41) is 5.41. The fraction of sp³-hybridized carbons (Fsp3) is 0.488. The van der Waals surface area contributed by atoms with E-state index in [0.717, 1.165) is 77.2 Å². The van der Waals surface area contributed by atoms with Gasteiger partial charge in [0.1, 0.15) is 35.2 Å². The highest BCUT2D eigenvalue weighted by Gasteiger charge is 2.39. The normalized spacial score (nSPS) is 19.6. The van der Waals surface area contributed by atoms with Crippen LogP contribution in [0.1, 0.15) is 108 Å². The van der Waals surface area contributed by atoms with Gasteiger partial charge in [-0.2, -0.15) is 0 Å². The number of nitrogens with zero attached hydrogens (tertiary/aromatic N) is 4. The van der Waals surface area contributed by atoms with E-state index in [1.54, 1.807) is 11.1 Å². The van der Waals surface area contributed by atoms with Gasteiger partial charge in [-0.3, -0.25) is 9.59 Å². The van der Waals surface area contributed by atoms with Crippen molar-refractivity contribution < 1.29 is 33.4 Å².